The Bertz CT molecular complexity index is 347. The lowest BCUT2D eigenvalue weighted by molar-refractivity contribution is 0.00687. The molecule has 0 radical (unpaired) electrons. The molecule has 1 saturated carbocycles. The molecule has 3 heteroatoms. The smallest absolute Gasteiger partial charge is 0.124 e. The molecule has 1 aliphatic carbocycles. The molecule has 1 aromatic rings. The minimum Gasteiger partial charge on any atom is -0.488 e. The first-order chi connectivity index (χ1) is 8.79. The largest absolute Gasteiger partial charge is 0.488 e. The summed E-state index contributed by atoms with van der Waals surface area (Å²) in [7, 11) is 1.71. The predicted molar refractivity (Wildman–Crippen MR) is 70.9 cm³/mol. The van der Waals surface area contributed by atoms with Gasteiger partial charge >= 0.3 is 0 Å². The molecule has 1 aliphatic rings. The van der Waals surface area contributed by atoms with Crippen molar-refractivity contribution in [3.05, 3.63) is 29.8 Å². The van der Waals surface area contributed by atoms with E-state index in [0.717, 1.165) is 44.5 Å². The molecule has 1 aromatic carbocycles. The second-order valence-corrected chi connectivity index (χ2v) is 4.89. The molecule has 0 bridgehead atoms. The van der Waals surface area contributed by atoms with Crippen molar-refractivity contribution in [3.8, 4) is 5.75 Å². The van der Waals surface area contributed by atoms with E-state index in [-0.39, 0.29) is 12.2 Å². The zero-order chi connectivity index (χ0) is 12.8. The molecule has 2 rings (SSSR count). The quantitative estimate of drug-likeness (QED) is 0.873. The molecule has 0 saturated heterocycles. The van der Waals surface area contributed by atoms with Crippen molar-refractivity contribution in [2.24, 2.45) is 0 Å². The highest BCUT2D eigenvalue weighted by Gasteiger charge is 2.24. The fourth-order valence-corrected chi connectivity index (χ4v) is 2.34. The Morgan fingerprint density at radius 2 is 1.89 bits per heavy atom. The van der Waals surface area contributed by atoms with Crippen LogP contribution in [-0.2, 0) is 11.2 Å². The van der Waals surface area contributed by atoms with Gasteiger partial charge in [-0.25, -0.2) is 0 Å². The molecular weight excluding hydrogens is 228 g/mol. The number of rotatable bonds is 5. The molecule has 1 fully saturated rings. The Morgan fingerprint density at radius 3 is 2.56 bits per heavy atom. The Labute approximate surface area is 109 Å². The van der Waals surface area contributed by atoms with Crippen LogP contribution in [0.15, 0.2) is 24.3 Å². The summed E-state index contributed by atoms with van der Waals surface area (Å²) in [5.74, 6) is 0.849. The van der Waals surface area contributed by atoms with E-state index in [1.54, 1.807) is 7.11 Å². The van der Waals surface area contributed by atoms with Crippen LogP contribution in [0.1, 0.15) is 31.2 Å². The van der Waals surface area contributed by atoms with Crippen LogP contribution < -0.4 is 4.74 Å². The van der Waals surface area contributed by atoms with Gasteiger partial charge in [0.15, 0.2) is 0 Å². The summed E-state index contributed by atoms with van der Waals surface area (Å²) >= 11 is 0. The predicted octanol–water partition coefficient (Wildman–Crippen LogP) is 2.56. The van der Waals surface area contributed by atoms with Crippen molar-refractivity contribution in [1.82, 2.24) is 0 Å². The van der Waals surface area contributed by atoms with Crippen molar-refractivity contribution in [3.63, 3.8) is 0 Å². The zero-order valence-electron chi connectivity index (χ0n) is 11.0. The summed E-state index contributed by atoms with van der Waals surface area (Å²) in [5, 5.41) is 9.86. The van der Waals surface area contributed by atoms with Crippen LogP contribution in [0, 0.1) is 0 Å². The average Bonchev–Trinajstić information content (AvgIpc) is 2.41. The Hall–Kier alpha value is -1.06. The lowest BCUT2D eigenvalue weighted by Gasteiger charge is -2.28. The lowest BCUT2D eigenvalue weighted by Crippen LogP contribution is -2.34. The molecule has 0 aliphatic heterocycles. The van der Waals surface area contributed by atoms with Crippen LogP contribution >= 0.6 is 0 Å². The fourth-order valence-electron chi connectivity index (χ4n) is 2.34. The minimum absolute atomic E-state index is 0.0384. The van der Waals surface area contributed by atoms with Crippen LogP contribution in [0.5, 0.6) is 5.75 Å². The van der Waals surface area contributed by atoms with Gasteiger partial charge in [-0.15, -0.1) is 0 Å². The van der Waals surface area contributed by atoms with E-state index in [9.17, 15) is 5.11 Å². The van der Waals surface area contributed by atoms with Crippen molar-refractivity contribution in [2.45, 2.75) is 44.3 Å². The van der Waals surface area contributed by atoms with Gasteiger partial charge in [0.1, 0.15) is 11.9 Å². The average molecular weight is 250 g/mol. The first-order valence-electron chi connectivity index (χ1n) is 6.72. The zero-order valence-corrected chi connectivity index (χ0v) is 11.0. The third-order valence-electron chi connectivity index (χ3n) is 3.47. The first-order valence-corrected chi connectivity index (χ1v) is 6.72. The van der Waals surface area contributed by atoms with E-state index in [2.05, 4.69) is 12.1 Å². The number of ether oxygens (including phenoxy) is 2. The van der Waals surface area contributed by atoms with Crippen molar-refractivity contribution in [1.29, 1.82) is 0 Å². The molecule has 1 N–H and O–H groups in total. The molecule has 0 aromatic heterocycles. The van der Waals surface area contributed by atoms with Crippen molar-refractivity contribution >= 4 is 0 Å². The molecule has 2 atom stereocenters. The molecule has 0 heterocycles. The van der Waals surface area contributed by atoms with Crippen LogP contribution in [0.25, 0.3) is 0 Å². The normalized spacial score (nSPS) is 23.9. The summed E-state index contributed by atoms with van der Waals surface area (Å²) in [6.07, 6.45) is 4.63. The second kappa shape index (κ2) is 6.76. The van der Waals surface area contributed by atoms with E-state index >= 15 is 0 Å². The monoisotopic (exact) mass is 250 g/mol. The van der Waals surface area contributed by atoms with Gasteiger partial charge in [0.2, 0.25) is 0 Å². The number of hydrogen-bond acceptors (Lipinski definition) is 3. The molecule has 0 spiro atoms. The number of aliphatic hydroxyl groups excluding tert-OH is 1. The van der Waals surface area contributed by atoms with E-state index < -0.39 is 0 Å². The highest BCUT2D eigenvalue weighted by atomic mass is 16.5. The molecular formula is C15H22O3. The van der Waals surface area contributed by atoms with Gasteiger partial charge < -0.3 is 14.6 Å². The summed E-state index contributed by atoms with van der Waals surface area (Å²) in [6.45, 7) is 0.738. The van der Waals surface area contributed by atoms with E-state index in [0.29, 0.717) is 0 Å². The van der Waals surface area contributed by atoms with E-state index in [1.165, 1.54) is 5.56 Å². The van der Waals surface area contributed by atoms with Gasteiger partial charge in [-0.2, -0.15) is 0 Å². The molecule has 2 unspecified atom stereocenters. The maximum Gasteiger partial charge on any atom is 0.124 e. The number of hydrogen-bond donors (Lipinski definition) is 1. The van der Waals surface area contributed by atoms with Gasteiger partial charge in [0.05, 0.1) is 12.7 Å². The highest BCUT2D eigenvalue weighted by Crippen LogP contribution is 2.24. The molecule has 3 nitrogen and oxygen atoms in total. The standard InChI is InChI=1S/C15H22O3/c1-17-11-10-12-6-8-13(9-7-12)18-15-5-3-2-4-14(15)16/h6-9,14-16H,2-5,10-11H2,1H3. The van der Waals surface area contributed by atoms with Gasteiger partial charge in [-0.05, 0) is 43.4 Å². The van der Waals surface area contributed by atoms with Gasteiger partial charge in [-0.3, -0.25) is 0 Å². The third kappa shape index (κ3) is 3.72. The van der Waals surface area contributed by atoms with Gasteiger partial charge in [0.25, 0.3) is 0 Å². The molecule has 18 heavy (non-hydrogen) atoms. The van der Waals surface area contributed by atoms with E-state index in [4.69, 9.17) is 9.47 Å². The Balaban J connectivity index is 1.89. The van der Waals surface area contributed by atoms with E-state index in [1.807, 2.05) is 12.1 Å². The number of aliphatic hydroxyl groups is 1. The topological polar surface area (TPSA) is 38.7 Å². The number of methoxy groups -OCH3 is 1. The highest BCUT2D eigenvalue weighted by molar-refractivity contribution is 5.27. The summed E-state index contributed by atoms with van der Waals surface area (Å²) in [5.41, 5.74) is 1.24. The van der Waals surface area contributed by atoms with Gasteiger partial charge in [0, 0.05) is 7.11 Å². The lowest BCUT2D eigenvalue weighted by atomic mass is 9.95. The van der Waals surface area contributed by atoms with Crippen LogP contribution in [0.4, 0.5) is 0 Å². The fraction of sp³-hybridized carbons (Fsp3) is 0.600. The summed E-state index contributed by atoms with van der Waals surface area (Å²) < 4.78 is 10.9. The summed E-state index contributed by atoms with van der Waals surface area (Å²) in [4.78, 5) is 0. The second-order valence-electron chi connectivity index (χ2n) is 4.89. The summed E-state index contributed by atoms with van der Waals surface area (Å²) in [6, 6.07) is 8.08. The van der Waals surface area contributed by atoms with Crippen molar-refractivity contribution < 1.29 is 14.6 Å². The minimum atomic E-state index is -0.313. The Morgan fingerprint density at radius 1 is 1.17 bits per heavy atom. The molecule has 100 valence electrons. The van der Waals surface area contributed by atoms with Crippen LogP contribution in [-0.4, -0.2) is 31.0 Å². The van der Waals surface area contributed by atoms with Crippen LogP contribution in [0.3, 0.4) is 0 Å². The van der Waals surface area contributed by atoms with Crippen LogP contribution in [0.2, 0.25) is 0 Å². The van der Waals surface area contributed by atoms with Crippen molar-refractivity contribution in [2.75, 3.05) is 13.7 Å². The SMILES string of the molecule is COCCc1ccc(OC2CCCCC2O)cc1. The third-order valence-corrected chi connectivity index (χ3v) is 3.47. The van der Waals surface area contributed by atoms with Gasteiger partial charge in [-0.1, -0.05) is 18.6 Å². The first kappa shape index (κ1) is 13.4. The number of benzene rings is 1. The maximum absolute atomic E-state index is 9.86. The maximum atomic E-state index is 9.86. The molecule has 0 amide bonds. The Kier molecular flexibility index (Phi) is 5.02.